The molecule has 0 bridgehead atoms. The van der Waals surface area contributed by atoms with Gasteiger partial charge in [-0.05, 0) is 38.6 Å². The van der Waals surface area contributed by atoms with Crippen molar-refractivity contribution in [1.82, 2.24) is 4.90 Å². The molecule has 1 aliphatic carbocycles. The van der Waals surface area contributed by atoms with E-state index in [9.17, 15) is 5.11 Å². The van der Waals surface area contributed by atoms with Crippen molar-refractivity contribution in [3.05, 3.63) is 0 Å². The van der Waals surface area contributed by atoms with Crippen LogP contribution in [0.4, 0.5) is 0 Å². The van der Waals surface area contributed by atoms with Crippen LogP contribution < -0.4 is 0 Å². The molecule has 0 saturated heterocycles. The van der Waals surface area contributed by atoms with Crippen LogP contribution in [0.15, 0.2) is 0 Å². The van der Waals surface area contributed by atoms with Crippen molar-refractivity contribution in [2.45, 2.75) is 58.6 Å². The third-order valence-electron chi connectivity index (χ3n) is 4.05. The second-order valence-electron chi connectivity index (χ2n) is 5.54. The van der Waals surface area contributed by atoms with Gasteiger partial charge in [-0.25, -0.2) is 0 Å². The van der Waals surface area contributed by atoms with Crippen LogP contribution in [0.5, 0.6) is 0 Å². The Morgan fingerprint density at radius 3 is 2.33 bits per heavy atom. The molecule has 2 nitrogen and oxygen atoms in total. The van der Waals surface area contributed by atoms with E-state index in [0.717, 1.165) is 13.0 Å². The zero-order valence-corrected chi connectivity index (χ0v) is 10.7. The van der Waals surface area contributed by atoms with E-state index in [1.54, 1.807) is 0 Å². The summed E-state index contributed by atoms with van der Waals surface area (Å²) in [5.74, 6) is 1.20. The smallest absolute Gasteiger partial charge is 0.0580 e. The highest BCUT2D eigenvalue weighted by atomic mass is 16.3. The first-order valence-corrected chi connectivity index (χ1v) is 6.40. The van der Waals surface area contributed by atoms with Gasteiger partial charge in [-0.15, -0.1) is 0 Å². The van der Waals surface area contributed by atoms with Gasteiger partial charge in [0.05, 0.1) is 6.10 Å². The molecule has 15 heavy (non-hydrogen) atoms. The maximum Gasteiger partial charge on any atom is 0.0580 e. The van der Waals surface area contributed by atoms with Crippen molar-refractivity contribution in [3.63, 3.8) is 0 Å². The summed E-state index contributed by atoms with van der Waals surface area (Å²) < 4.78 is 0. The van der Waals surface area contributed by atoms with Crippen molar-refractivity contribution >= 4 is 0 Å². The van der Waals surface area contributed by atoms with Crippen LogP contribution >= 0.6 is 0 Å². The van der Waals surface area contributed by atoms with E-state index in [1.165, 1.54) is 19.3 Å². The van der Waals surface area contributed by atoms with Crippen molar-refractivity contribution in [1.29, 1.82) is 0 Å². The summed E-state index contributed by atoms with van der Waals surface area (Å²) in [5, 5.41) is 9.91. The molecule has 0 aliphatic heterocycles. The predicted octanol–water partition coefficient (Wildman–Crippen LogP) is 2.51. The lowest BCUT2D eigenvalue weighted by atomic mass is 9.86. The Labute approximate surface area is 94.7 Å². The molecule has 1 N–H and O–H groups in total. The molecule has 2 heteroatoms. The highest BCUT2D eigenvalue weighted by molar-refractivity contribution is 4.78. The van der Waals surface area contributed by atoms with Gasteiger partial charge in [0.15, 0.2) is 0 Å². The second kappa shape index (κ2) is 5.86. The molecule has 1 rings (SSSR count). The summed E-state index contributed by atoms with van der Waals surface area (Å²) in [7, 11) is 2.19. The Kier molecular flexibility index (Phi) is 5.07. The zero-order valence-electron chi connectivity index (χ0n) is 10.7. The zero-order chi connectivity index (χ0) is 11.4. The average Bonchev–Trinajstić information content (AvgIpc) is 2.20. The van der Waals surface area contributed by atoms with Crippen LogP contribution in [0.25, 0.3) is 0 Å². The molecule has 0 spiro atoms. The minimum atomic E-state index is -0.0550. The first-order valence-electron chi connectivity index (χ1n) is 6.40. The van der Waals surface area contributed by atoms with Gasteiger partial charge in [-0.2, -0.15) is 0 Å². The number of rotatable bonds is 4. The third-order valence-corrected chi connectivity index (χ3v) is 4.05. The predicted molar refractivity (Wildman–Crippen MR) is 64.9 cm³/mol. The first kappa shape index (κ1) is 13.0. The Morgan fingerprint density at radius 1 is 1.20 bits per heavy atom. The van der Waals surface area contributed by atoms with E-state index < -0.39 is 0 Å². The summed E-state index contributed by atoms with van der Waals surface area (Å²) in [6, 6.07) is 0.610. The Balaban J connectivity index is 2.38. The summed E-state index contributed by atoms with van der Waals surface area (Å²) in [5.41, 5.74) is 0. The molecule has 1 saturated carbocycles. The highest BCUT2D eigenvalue weighted by Gasteiger charge is 2.25. The average molecular weight is 213 g/mol. The van der Waals surface area contributed by atoms with E-state index in [-0.39, 0.29) is 6.10 Å². The molecule has 1 fully saturated rings. The number of hydrogen-bond acceptors (Lipinski definition) is 2. The molecule has 0 heterocycles. The lowest BCUT2D eigenvalue weighted by molar-refractivity contribution is 0.0403. The van der Waals surface area contributed by atoms with Gasteiger partial charge in [0.25, 0.3) is 0 Å². The Hall–Kier alpha value is -0.0800. The molecule has 0 aromatic carbocycles. The van der Waals surface area contributed by atoms with Crippen molar-refractivity contribution < 1.29 is 5.11 Å². The van der Waals surface area contributed by atoms with E-state index in [0.29, 0.717) is 17.9 Å². The fraction of sp³-hybridized carbons (Fsp3) is 1.00. The van der Waals surface area contributed by atoms with Crippen LogP contribution in [0.2, 0.25) is 0 Å². The molecular formula is C13H27NO. The van der Waals surface area contributed by atoms with Gasteiger partial charge in [0.1, 0.15) is 0 Å². The minimum Gasteiger partial charge on any atom is -0.393 e. The van der Waals surface area contributed by atoms with Gasteiger partial charge < -0.3 is 10.0 Å². The van der Waals surface area contributed by atoms with Gasteiger partial charge >= 0.3 is 0 Å². The minimum absolute atomic E-state index is 0.0550. The normalized spacial score (nSPS) is 29.8. The van der Waals surface area contributed by atoms with Gasteiger partial charge in [0, 0.05) is 12.6 Å². The summed E-state index contributed by atoms with van der Waals surface area (Å²) in [4.78, 5) is 2.41. The molecule has 3 unspecified atom stereocenters. The molecule has 3 atom stereocenters. The van der Waals surface area contributed by atoms with E-state index in [2.05, 4.69) is 32.7 Å². The molecule has 1 aliphatic rings. The number of aliphatic hydroxyl groups is 1. The summed E-state index contributed by atoms with van der Waals surface area (Å²) in [6.07, 6.45) is 4.66. The molecular weight excluding hydrogens is 186 g/mol. The molecule has 0 aromatic heterocycles. The van der Waals surface area contributed by atoms with Crippen LogP contribution in [-0.4, -0.2) is 35.7 Å². The molecule has 90 valence electrons. The number of aliphatic hydroxyl groups excluding tert-OH is 1. The molecule has 0 amide bonds. The van der Waals surface area contributed by atoms with Crippen LogP contribution in [-0.2, 0) is 0 Å². The maximum absolute atomic E-state index is 9.91. The first-order chi connectivity index (χ1) is 7.02. The van der Waals surface area contributed by atoms with Gasteiger partial charge in [-0.1, -0.05) is 26.7 Å². The van der Waals surface area contributed by atoms with Crippen LogP contribution in [0.3, 0.4) is 0 Å². The molecule has 0 aromatic rings. The second-order valence-corrected chi connectivity index (χ2v) is 5.54. The maximum atomic E-state index is 9.91. The van der Waals surface area contributed by atoms with Crippen molar-refractivity contribution in [2.24, 2.45) is 11.8 Å². The van der Waals surface area contributed by atoms with Crippen LogP contribution in [0, 0.1) is 11.8 Å². The fourth-order valence-corrected chi connectivity index (χ4v) is 2.45. The molecule has 0 radical (unpaired) electrons. The standard InChI is InChI=1S/C13H27NO/c1-10(2)11(3)14(4)9-12-7-5-6-8-13(12)15/h10-13,15H,5-9H2,1-4H3. The van der Waals surface area contributed by atoms with Crippen LogP contribution in [0.1, 0.15) is 46.5 Å². The third kappa shape index (κ3) is 3.76. The number of hydrogen-bond donors (Lipinski definition) is 1. The lowest BCUT2D eigenvalue weighted by Gasteiger charge is -2.35. The topological polar surface area (TPSA) is 23.5 Å². The summed E-state index contributed by atoms with van der Waals surface area (Å²) in [6.45, 7) is 7.86. The van der Waals surface area contributed by atoms with Crippen molar-refractivity contribution in [2.75, 3.05) is 13.6 Å². The van der Waals surface area contributed by atoms with Gasteiger partial charge in [-0.3, -0.25) is 0 Å². The largest absolute Gasteiger partial charge is 0.393 e. The Bertz CT molecular complexity index is 181. The summed E-state index contributed by atoms with van der Waals surface area (Å²) >= 11 is 0. The van der Waals surface area contributed by atoms with E-state index in [4.69, 9.17) is 0 Å². The lowest BCUT2D eigenvalue weighted by Crippen LogP contribution is -2.41. The van der Waals surface area contributed by atoms with Gasteiger partial charge in [0.2, 0.25) is 0 Å². The highest BCUT2D eigenvalue weighted by Crippen LogP contribution is 2.25. The van der Waals surface area contributed by atoms with E-state index >= 15 is 0 Å². The van der Waals surface area contributed by atoms with Crippen molar-refractivity contribution in [3.8, 4) is 0 Å². The monoisotopic (exact) mass is 213 g/mol. The SMILES string of the molecule is CC(C)C(C)N(C)CC1CCCCC1O. The van der Waals surface area contributed by atoms with E-state index in [1.807, 2.05) is 0 Å². The number of nitrogens with zero attached hydrogens (tertiary/aromatic N) is 1. The quantitative estimate of drug-likeness (QED) is 0.775. The fourth-order valence-electron chi connectivity index (χ4n) is 2.45. The Morgan fingerprint density at radius 2 is 1.80 bits per heavy atom.